The molecule has 0 amide bonds. The average molecular weight is 184 g/mol. The monoisotopic (exact) mass is 184 g/mol. The van der Waals surface area contributed by atoms with Crippen molar-refractivity contribution in [2.24, 2.45) is 17.8 Å². The maximum Gasteiger partial charge on any atom is -0.0388 e. The van der Waals surface area contributed by atoms with E-state index >= 15 is 0 Å². The predicted octanol–water partition coefficient (Wildman–Crippen LogP) is 4.89. The average Bonchev–Trinajstić information content (AvgIpc) is 2.57. The molecule has 0 nitrogen and oxygen atoms in total. The summed E-state index contributed by atoms with van der Waals surface area (Å²) in [5, 5.41) is 0. The molecule has 0 heteroatoms. The van der Waals surface area contributed by atoms with E-state index in [0.29, 0.717) is 0 Å². The lowest BCUT2D eigenvalue weighted by molar-refractivity contribution is 0.372. The van der Waals surface area contributed by atoms with Gasteiger partial charge in [0.05, 0.1) is 0 Å². The van der Waals surface area contributed by atoms with Gasteiger partial charge in [0, 0.05) is 0 Å². The lowest BCUT2D eigenvalue weighted by Crippen LogP contribution is -2.03. The molecule has 1 aliphatic carbocycles. The molecule has 80 valence electrons. The Balaban J connectivity index is 0.000000671. The molecular formula is C13H28. The zero-order valence-electron chi connectivity index (χ0n) is 10.3. The van der Waals surface area contributed by atoms with Crippen molar-refractivity contribution < 1.29 is 0 Å². The first kappa shape index (κ1) is 13.0. The summed E-state index contributed by atoms with van der Waals surface area (Å²) >= 11 is 0. The standard InChI is InChI=1S/C11H22.C2H6/c1-4-5-10-6-7-11(8-10)9(2)3;1-2/h9-11H,4-8H2,1-3H3;1-2H3. The molecule has 0 saturated heterocycles. The molecule has 0 radical (unpaired) electrons. The highest BCUT2D eigenvalue weighted by molar-refractivity contribution is 4.76. The first-order valence-corrected chi connectivity index (χ1v) is 6.24. The third-order valence-electron chi connectivity index (χ3n) is 3.22. The molecule has 0 heterocycles. The van der Waals surface area contributed by atoms with Gasteiger partial charge in [0.2, 0.25) is 0 Å². The van der Waals surface area contributed by atoms with Crippen LogP contribution in [0, 0.1) is 17.8 Å². The van der Waals surface area contributed by atoms with Gasteiger partial charge in [-0.2, -0.15) is 0 Å². The van der Waals surface area contributed by atoms with Crippen molar-refractivity contribution in [3.05, 3.63) is 0 Å². The molecule has 2 unspecified atom stereocenters. The van der Waals surface area contributed by atoms with Crippen LogP contribution in [-0.4, -0.2) is 0 Å². The Hall–Kier alpha value is 0. The zero-order chi connectivity index (χ0) is 10.3. The molecule has 1 saturated carbocycles. The summed E-state index contributed by atoms with van der Waals surface area (Å²) in [6.07, 6.45) is 7.39. The largest absolute Gasteiger partial charge is 0.0683 e. The van der Waals surface area contributed by atoms with E-state index in [9.17, 15) is 0 Å². The van der Waals surface area contributed by atoms with Gasteiger partial charge in [-0.05, 0) is 30.6 Å². The van der Waals surface area contributed by atoms with Crippen LogP contribution in [0.3, 0.4) is 0 Å². The molecule has 1 fully saturated rings. The minimum absolute atomic E-state index is 0.928. The topological polar surface area (TPSA) is 0 Å². The summed E-state index contributed by atoms with van der Waals surface area (Å²) in [5.74, 6) is 3.05. The summed E-state index contributed by atoms with van der Waals surface area (Å²) < 4.78 is 0. The maximum absolute atomic E-state index is 2.37. The normalized spacial score (nSPS) is 27.2. The Morgan fingerprint density at radius 2 is 1.77 bits per heavy atom. The molecule has 0 aromatic rings. The third-order valence-corrected chi connectivity index (χ3v) is 3.22. The predicted molar refractivity (Wildman–Crippen MR) is 61.9 cm³/mol. The van der Waals surface area contributed by atoms with Gasteiger partial charge in [-0.15, -0.1) is 0 Å². The van der Waals surface area contributed by atoms with Gasteiger partial charge in [-0.3, -0.25) is 0 Å². The minimum atomic E-state index is 0.928. The van der Waals surface area contributed by atoms with Crippen LogP contribution in [-0.2, 0) is 0 Å². The van der Waals surface area contributed by atoms with Crippen LogP contribution in [0.1, 0.15) is 66.7 Å². The highest BCUT2D eigenvalue weighted by atomic mass is 14.3. The second-order valence-corrected chi connectivity index (χ2v) is 4.47. The minimum Gasteiger partial charge on any atom is -0.0683 e. The number of rotatable bonds is 3. The van der Waals surface area contributed by atoms with Gasteiger partial charge in [0.15, 0.2) is 0 Å². The molecule has 13 heavy (non-hydrogen) atoms. The van der Waals surface area contributed by atoms with Crippen LogP contribution in [0.5, 0.6) is 0 Å². The Kier molecular flexibility index (Phi) is 7.41. The van der Waals surface area contributed by atoms with Crippen LogP contribution in [0.4, 0.5) is 0 Å². The molecular weight excluding hydrogens is 156 g/mol. The summed E-state index contributed by atoms with van der Waals surface area (Å²) in [6, 6.07) is 0. The van der Waals surface area contributed by atoms with E-state index in [-0.39, 0.29) is 0 Å². The van der Waals surface area contributed by atoms with Gasteiger partial charge in [0.1, 0.15) is 0 Å². The highest BCUT2D eigenvalue weighted by Crippen LogP contribution is 2.37. The summed E-state index contributed by atoms with van der Waals surface area (Å²) in [4.78, 5) is 0. The quantitative estimate of drug-likeness (QED) is 0.586. The lowest BCUT2D eigenvalue weighted by atomic mass is 9.92. The molecule has 0 aliphatic heterocycles. The van der Waals surface area contributed by atoms with E-state index < -0.39 is 0 Å². The van der Waals surface area contributed by atoms with Crippen molar-refractivity contribution in [3.8, 4) is 0 Å². The molecule has 1 rings (SSSR count). The summed E-state index contributed by atoms with van der Waals surface area (Å²) in [7, 11) is 0. The first-order valence-electron chi connectivity index (χ1n) is 6.24. The molecule has 0 aromatic heterocycles. The first-order chi connectivity index (χ1) is 6.24. The van der Waals surface area contributed by atoms with E-state index in [0.717, 1.165) is 17.8 Å². The van der Waals surface area contributed by atoms with Crippen LogP contribution in [0.25, 0.3) is 0 Å². The molecule has 0 spiro atoms. The van der Waals surface area contributed by atoms with Gasteiger partial charge in [-0.25, -0.2) is 0 Å². The fourth-order valence-corrected chi connectivity index (χ4v) is 2.39. The Morgan fingerprint density at radius 1 is 1.15 bits per heavy atom. The van der Waals surface area contributed by atoms with E-state index in [1.807, 2.05) is 13.8 Å². The fourth-order valence-electron chi connectivity index (χ4n) is 2.39. The van der Waals surface area contributed by atoms with Gasteiger partial charge in [0.25, 0.3) is 0 Å². The maximum atomic E-state index is 2.37. The fraction of sp³-hybridized carbons (Fsp3) is 1.00. The van der Waals surface area contributed by atoms with Crippen LogP contribution >= 0.6 is 0 Å². The van der Waals surface area contributed by atoms with Crippen LogP contribution in [0.15, 0.2) is 0 Å². The zero-order valence-corrected chi connectivity index (χ0v) is 10.3. The Morgan fingerprint density at radius 3 is 2.15 bits per heavy atom. The summed E-state index contributed by atoms with van der Waals surface area (Å²) in [5.41, 5.74) is 0. The molecule has 1 aliphatic rings. The molecule has 0 N–H and O–H groups in total. The Bertz CT molecular complexity index is 105. The number of hydrogen-bond donors (Lipinski definition) is 0. The van der Waals surface area contributed by atoms with Crippen molar-refractivity contribution in [1.29, 1.82) is 0 Å². The van der Waals surface area contributed by atoms with Crippen molar-refractivity contribution in [3.63, 3.8) is 0 Å². The lowest BCUT2D eigenvalue weighted by Gasteiger charge is -2.13. The van der Waals surface area contributed by atoms with Crippen LogP contribution in [0.2, 0.25) is 0 Å². The smallest absolute Gasteiger partial charge is 0.0388 e. The molecule has 0 aromatic carbocycles. The molecule has 2 atom stereocenters. The summed E-state index contributed by atoms with van der Waals surface area (Å²) in [6.45, 7) is 11.1. The van der Waals surface area contributed by atoms with Gasteiger partial charge < -0.3 is 0 Å². The van der Waals surface area contributed by atoms with E-state index in [1.165, 1.54) is 32.1 Å². The van der Waals surface area contributed by atoms with Crippen molar-refractivity contribution in [2.75, 3.05) is 0 Å². The Labute approximate surface area is 85.1 Å². The van der Waals surface area contributed by atoms with E-state index in [1.54, 1.807) is 0 Å². The van der Waals surface area contributed by atoms with E-state index in [2.05, 4.69) is 20.8 Å². The second kappa shape index (κ2) is 7.41. The van der Waals surface area contributed by atoms with Crippen molar-refractivity contribution in [2.45, 2.75) is 66.7 Å². The SMILES string of the molecule is CC.CCCC1CCC(C(C)C)C1. The third kappa shape index (κ3) is 4.69. The number of hydrogen-bond acceptors (Lipinski definition) is 0. The van der Waals surface area contributed by atoms with Crippen LogP contribution < -0.4 is 0 Å². The van der Waals surface area contributed by atoms with Crippen molar-refractivity contribution >= 4 is 0 Å². The highest BCUT2D eigenvalue weighted by Gasteiger charge is 2.25. The molecule has 0 bridgehead atoms. The van der Waals surface area contributed by atoms with Gasteiger partial charge in [-0.1, -0.05) is 53.9 Å². The second-order valence-electron chi connectivity index (χ2n) is 4.47. The van der Waals surface area contributed by atoms with E-state index in [4.69, 9.17) is 0 Å². The van der Waals surface area contributed by atoms with Crippen molar-refractivity contribution in [1.82, 2.24) is 0 Å². The van der Waals surface area contributed by atoms with Gasteiger partial charge >= 0.3 is 0 Å².